The first-order chi connectivity index (χ1) is 14.5. The molecule has 8 heteroatoms. The smallest absolute Gasteiger partial charge is 0.329 e. The first kappa shape index (κ1) is 20.1. The number of benzene rings is 2. The Bertz CT molecular complexity index is 1150. The molecule has 3 heterocycles. The zero-order valence-electron chi connectivity index (χ0n) is 16.4. The van der Waals surface area contributed by atoms with Crippen LogP contribution >= 0.6 is 23.2 Å². The number of fused-ring (bicyclic) bond motifs is 1. The quantitative estimate of drug-likeness (QED) is 0.539. The molecule has 1 unspecified atom stereocenters. The van der Waals surface area contributed by atoms with E-state index in [0.29, 0.717) is 35.3 Å². The molecule has 2 fully saturated rings. The molecule has 2 aliphatic heterocycles. The molecule has 0 saturated carbocycles. The molecule has 158 valence electrons. The van der Waals surface area contributed by atoms with Crippen molar-refractivity contribution in [2.45, 2.75) is 38.1 Å². The Balaban J connectivity index is 1.41. The molecule has 30 heavy (non-hydrogen) atoms. The standard InChI is InChI=1S/C22H22Cl2FN3O2/c23-17-9-20-21(10-18(17)24)28(22(29)27(20)12-16-13-30-16)15-5-7-26(8-6-15)11-14-3-1-2-4-19(14)25/h1-4,9-10,15-16H,5-8,11-13H2. The van der Waals surface area contributed by atoms with Crippen LogP contribution in [-0.4, -0.2) is 39.8 Å². The third-order valence-corrected chi connectivity index (χ3v) is 6.79. The maximum atomic E-state index is 14.0. The molecule has 1 aromatic heterocycles. The molecular formula is C22H22Cl2FN3O2. The minimum atomic E-state index is -0.173. The van der Waals surface area contributed by atoms with Crippen LogP contribution in [0.15, 0.2) is 41.2 Å². The van der Waals surface area contributed by atoms with E-state index in [9.17, 15) is 9.18 Å². The predicted octanol–water partition coefficient (Wildman–Crippen LogP) is 4.48. The zero-order chi connectivity index (χ0) is 20.8. The van der Waals surface area contributed by atoms with E-state index >= 15 is 0 Å². The average molecular weight is 450 g/mol. The zero-order valence-corrected chi connectivity index (χ0v) is 17.9. The Kier molecular flexibility index (Phi) is 5.35. The second-order valence-electron chi connectivity index (χ2n) is 8.07. The third kappa shape index (κ3) is 3.78. The highest BCUT2D eigenvalue weighted by molar-refractivity contribution is 6.42. The van der Waals surface area contributed by atoms with Crippen LogP contribution in [0.2, 0.25) is 10.0 Å². The molecule has 2 saturated heterocycles. The summed E-state index contributed by atoms with van der Waals surface area (Å²) in [5.74, 6) is -0.173. The van der Waals surface area contributed by atoms with E-state index in [1.807, 2.05) is 16.7 Å². The maximum absolute atomic E-state index is 14.0. The summed E-state index contributed by atoms with van der Waals surface area (Å²) in [6.07, 6.45) is 1.71. The number of ether oxygens (including phenoxy) is 1. The number of hydrogen-bond donors (Lipinski definition) is 0. The molecule has 2 aromatic carbocycles. The lowest BCUT2D eigenvalue weighted by Crippen LogP contribution is -2.37. The van der Waals surface area contributed by atoms with Crippen LogP contribution < -0.4 is 5.69 Å². The summed E-state index contributed by atoms with van der Waals surface area (Å²) >= 11 is 12.5. The number of piperidine rings is 1. The Morgan fingerprint density at radius 1 is 1.07 bits per heavy atom. The van der Waals surface area contributed by atoms with Gasteiger partial charge in [0.05, 0.1) is 40.3 Å². The lowest BCUT2D eigenvalue weighted by molar-refractivity contribution is 0.177. The second-order valence-corrected chi connectivity index (χ2v) is 8.89. The molecule has 0 bridgehead atoms. The van der Waals surface area contributed by atoms with Crippen LogP contribution in [-0.2, 0) is 17.8 Å². The number of rotatable bonds is 5. The van der Waals surface area contributed by atoms with Crippen LogP contribution in [0.3, 0.4) is 0 Å². The monoisotopic (exact) mass is 449 g/mol. The van der Waals surface area contributed by atoms with Gasteiger partial charge in [0.15, 0.2) is 0 Å². The predicted molar refractivity (Wildman–Crippen MR) is 116 cm³/mol. The van der Waals surface area contributed by atoms with Gasteiger partial charge in [0.25, 0.3) is 0 Å². The van der Waals surface area contributed by atoms with Crippen molar-refractivity contribution < 1.29 is 9.13 Å². The Morgan fingerprint density at radius 2 is 1.73 bits per heavy atom. The highest BCUT2D eigenvalue weighted by Crippen LogP contribution is 2.32. The number of likely N-dealkylation sites (tertiary alicyclic amines) is 1. The van der Waals surface area contributed by atoms with Crippen molar-refractivity contribution in [2.24, 2.45) is 0 Å². The van der Waals surface area contributed by atoms with Gasteiger partial charge in [-0.05, 0) is 31.0 Å². The number of halogens is 3. The molecule has 0 radical (unpaired) electrons. The molecule has 0 amide bonds. The highest BCUT2D eigenvalue weighted by atomic mass is 35.5. The summed E-state index contributed by atoms with van der Waals surface area (Å²) < 4.78 is 22.9. The number of imidazole rings is 1. The van der Waals surface area contributed by atoms with Gasteiger partial charge in [0.1, 0.15) is 5.82 Å². The van der Waals surface area contributed by atoms with Gasteiger partial charge in [-0.1, -0.05) is 41.4 Å². The van der Waals surface area contributed by atoms with E-state index in [-0.39, 0.29) is 23.7 Å². The van der Waals surface area contributed by atoms with Gasteiger partial charge in [-0.3, -0.25) is 14.0 Å². The molecule has 2 aliphatic rings. The van der Waals surface area contributed by atoms with E-state index in [1.165, 1.54) is 6.07 Å². The molecule has 0 aliphatic carbocycles. The van der Waals surface area contributed by atoms with Crippen molar-refractivity contribution >= 4 is 34.2 Å². The van der Waals surface area contributed by atoms with Crippen molar-refractivity contribution in [3.63, 3.8) is 0 Å². The van der Waals surface area contributed by atoms with E-state index in [1.54, 1.807) is 22.8 Å². The summed E-state index contributed by atoms with van der Waals surface area (Å²) in [4.78, 5) is 15.5. The van der Waals surface area contributed by atoms with E-state index in [0.717, 1.165) is 37.0 Å². The first-order valence-corrected chi connectivity index (χ1v) is 10.9. The van der Waals surface area contributed by atoms with Gasteiger partial charge in [-0.25, -0.2) is 9.18 Å². The lowest BCUT2D eigenvalue weighted by atomic mass is 10.0. The van der Waals surface area contributed by atoms with Crippen molar-refractivity contribution in [3.05, 3.63) is 68.3 Å². The molecule has 1 atom stereocenters. The van der Waals surface area contributed by atoms with Crippen LogP contribution in [0.5, 0.6) is 0 Å². The Hall–Kier alpha value is -1.86. The van der Waals surface area contributed by atoms with E-state index < -0.39 is 0 Å². The molecule has 5 nitrogen and oxygen atoms in total. The van der Waals surface area contributed by atoms with Gasteiger partial charge in [-0.2, -0.15) is 0 Å². The fraction of sp³-hybridized carbons (Fsp3) is 0.409. The largest absolute Gasteiger partial charge is 0.371 e. The number of nitrogens with zero attached hydrogens (tertiary/aromatic N) is 3. The normalized spacial score (nSPS) is 20.2. The third-order valence-electron chi connectivity index (χ3n) is 6.07. The van der Waals surface area contributed by atoms with Gasteiger partial charge in [-0.15, -0.1) is 0 Å². The second kappa shape index (κ2) is 8.00. The van der Waals surface area contributed by atoms with Crippen LogP contribution in [0.25, 0.3) is 11.0 Å². The van der Waals surface area contributed by atoms with Crippen molar-refractivity contribution in [1.29, 1.82) is 0 Å². The van der Waals surface area contributed by atoms with Gasteiger partial charge in [0.2, 0.25) is 0 Å². The molecule has 5 rings (SSSR count). The summed E-state index contributed by atoms with van der Waals surface area (Å²) in [6.45, 7) is 3.37. The molecule has 0 spiro atoms. The number of epoxide rings is 1. The Labute approximate surface area is 183 Å². The topological polar surface area (TPSA) is 42.7 Å². The number of aromatic nitrogens is 2. The minimum absolute atomic E-state index is 0.0496. The van der Waals surface area contributed by atoms with Crippen LogP contribution in [0, 0.1) is 5.82 Å². The summed E-state index contributed by atoms with van der Waals surface area (Å²) in [5, 5.41) is 0.876. The highest BCUT2D eigenvalue weighted by Gasteiger charge is 2.29. The first-order valence-electron chi connectivity index (χ1n) is 10.2. The van der Waals surface area contributed by atoms with E-state index in [4.69, 9.17) is 27.9 Å². The average Bonchev–Trinajstić information content (AvgIpc) is 3.52. The van der Waals surface area contributed by atoms with Crippen LogP contribution in [0.4, 0.5) is 4.39 Å². The van der Waals surface area contributed by atoms with Gasteiger partial charge < -0.3 is 4.74 Å². The van der Waals surface area contributed by atoms with Crippen molar-refractivity contribution in [2.75, 3.05) is 19.7 Å². The molecular weight excluding hydrogens is 428 g/mol. The molecule has 0 N–H and O–H groups in total. The lowest BCUT2D eigenvalue weighted by Gasteiger charge is -2.32. The minimum Gasteiger partial charge on any atom is -0.371 e. The van der Waals surface area contributed by atoms with Gasteiger partial charge >= 0.3 is 5.69 Å². The summed E-state index contributed by atoms with van der Waals surface area (Å²) in [6, 6.07) is 10.5. The summed E-state index contributed by atoms with van der Waals surface area (Å²) in [5.41, 5.74) is 2.25. The SMILES string of the molecule is O=c1n(CC2CO2)c2cc(Cl)c(Cl)cc2n1C1CCN(Cc2ccccc2F)CC1. The van der Waals surface area contributed by atoms with Crippen LogP contribution in [0.1, 0.15) is 24.4 Å². The van der Waals surface area contributed by atoms with Crippen molar-refractivity contribution in [3.8, 4) is 0 Å². The molecule has 3 aromatic rings. The number of hydrogen-bond acceptors (Lipinski definition) is 3. The van der Waals surface area contributed by atoms with Gasteiger partial charge in [0, 0.05) is 31.2 Å². The summed E-state index contributed by atoms with van der Waals surface area (Å²) in [7, 11) is 0. The van der Waals surface area contributed by atoms with E-state index in [2.05, 4.69) is 4.90 Å². The Morgan fingerprint density at radius 3 is 2.40 bits per heavy atom. The maximum Gasteiger partial charge on any atom is 0.329 e. The fourth-order valence-electron chi connectivity index (χ4n) is 4.38. The fourth-order valence-corrected chi connectivity index (χ4v) is 4.70. The van der Waals surface area contributed by atoms with Crippen molar-refractivity contribution in [1.82, 2.24) is 14.0 Å².